The Hall–Kier alpha value is -2.72. The molecule has 3 aromatic rings. The maximum atomic E-state index is 13.3. The van der Waals surface area contributed by atoms with Crippen LogP contribution in [-0.2, 0) is 32.6 Å². The number of hydrogen-bond donors (Lipinski definition) is 2. The predicted octanol–water partition coefficient (Wildman–Crippen LogP) is 3.96. The molecule has 3 rings (SSSR count). The van der Waals surface area contributed by atoms with Crippen molar-refractivity contribution in [3.05, 3.63) is 93.4 Å². The molecule has 0 bridgehead atoms. The first kappa shape index (κ1) is 24.9. The SMILES string of the molecule is NC(=O)Cc1ccc(NC(=O)CN(Cc2ccccc2Cl)S(=O)(=O)c2ccc(Br)cc2)cc1. The van der Waals surface area contributed by atoms with Crippen LogP contribution in [0.4, 0.5) is 5.69 Å². The fourth-order valence-electron chi connectivity index (χ4n) is 3.07. The Bertz CT molecular complexity index is 1250. The lowest BCUT2D eigenvalue weighted by atomic mass is 10.1. The predicted molar refractivity (Wildman–Crippen MR) is 131 cm³/mol. The topological polar surface area (TPSA) is 110 Å². The lowest BCUT2D eigenvalue weighted by Crippen LogP contribution is -2.37. The molecule has 0 unspecified atom stereocenters. The molecule has 0 aliphatic heterocycles. The fraction of sp³-hybridized carbons (Fsp3) is 0.130. The molecule has 172 valence electrons. The molecule has 33 heavy (non-hydrogen) atoms. The second kappa shape index (κ2) is 10.9. The van der Waals surface area contributed by atoms with Crippen LogP contribution in [0.2, 0.25) is 5.02 Å². The summed E-state index contributed by atoms with van der Waals surface area (Å²) in [5.74, 6) is -0.981. The highest BCUT2D eigenvalue weighted by atomic mass is 79.9. The van der Waals surface area contributed by atoms with Gasteiger partial charge in [-0.05, 0) is 53.6 Å². The first-order valence-corrected chi connectivity index (χ1v) is 12.4. The van der Waals surface area contributed by atoms with E-state index in [9.17, 15) is 18.0 Å². The number of rotatable bonds is 9. The average Bonchev–Trinajstić information content (AvgIpc) is 2.76. The van der Waals surface area contributed by atoms with E-state index in [0.29, 0.717) is 21.8 Å². The molecule has 7 nitrogen and oxygen atoms in total. The number of carbonyl (C=O) groups excluding carboxylic acids is 2. The van der Waals surface area contributed by atoms with Crippen molar-refractivity contribution in [2.45, 2.75) is 17.9 Å². The van der Waals surface area contributed by atoms with Crippen molar-refractivity contribution in [1.29, 1.82) is 0 Å². The van der Waals surface area contributed by atoms with Crippen molar-refractivity contribution >= 4 is 55.1 Å². The summed E-state index contributed by atoms with van der Waals surface area (Å²) in [7, 11) is -4.00. The molecule has 0 saturated heterocycles. The third kappa shape index (κ3) is 6.88. The largest absolute Gasteiger partial charge is 0.369 e. The molecule has 0 aliphatic rings. The summed E-state index contributed by atoms with van der Waals surface area (Å²) in [5, 5.41) is 3.09. The van der Waals surface area contributed by atoms with Gasteiger partial charge in [-0.15, -0.1) is 0 Å². The first-order valence-electron chi connectivity index (χ1n) is 9.81. The van der Waals surface area contributed by atoms with Crippen molar-refractivity contribution < 1.29 is 18.0 Å². The van der Waals surface area contributed by atoms with Crippen LogP contribution in [0.15, 0.2) is 82.2 Å². The van der Waals surface area contributed by atoms with E-state index in [1.54, 1.807) is 60.7 Å². The summed E-state index contributed by atoms with van der Waals surface area (Å²) in [6.45, 7) is -0.504. The van der Waals surface area contributed by atoms with Gasteiger partial charge in [-0.3, -0.25) is 9.59 Å². The highest BCUT2D eigenvalue weighted by Gasteiger charge is 2.27. The molecule has 0 fully saturated rings. The van der Waals surface area contributed by atoms with Gasteiger partial charge in [0, 0.05) is 21.7 Å². The van der Waals surface area contributed by atoms with Gasteiger partial charge >= 0.3 is 0 Å². The van der Waals surface area contributed by atoms with Crippen molar-refractivity contribution in [2.24, 2.45) is 5.73 Å². The lowest BCUT2D eigenvalue weighted by Gasteiger charge is -2.22. The Morgan fingerprint density at radius 3 is 2.21 bits per heavy atom. The molecule has 0 aromatic heterocycles. The van der Waals surface area contributed by atoms with Crippen LogP contribution >= 0.6 is 27.5 Å². The van der Waals surface area contributed by atoms with Crippen LogP contribution in [0.1, 0.15) is 11.1 Å². The third-order valence-electron chi connectivity index (χ3n) is 4.69. The van der Waals surface area contributed by atoms with E-state index >= 15 is 0 Å². The first-order chi connectivity index (χ1) is 15.6. The van der Waals surface area contributed by atoms with Crippen LogP contribution in [0.25, 0.3) is 0 Å². The smallest absolute Gasteiger partial charge is 0.243 e. The van der Waals surface area contributed by atoms with E-state index in [1.807, 2.05) is 0 Å². The number of primary amides is 1. The van der Waals surface area contributed by atoms with E-state index in [2.05, 4.69) is 21.2 Å². The number of anilines is 1. The Kier molecular flexibility index (Phi) is 8.25. The van der Waals surface area contributed by atoms with Crippen molar-refractivity contribution in [2.75, 3.05) is 11.9 Å². The molecule has 3 aromatic carbocycles. The number of nitrogens with one attached hydrogen (secondary N) is 1. The minimum atomic E-state index is -4.00. The van der Waals surface area contributed by atoms with Crippen LogP contribution in [0.5, 0.6) is 0 Å². The Balaban J connectivity index is 1.83. The van der Waals surface area contributed by atoms with E-state index in [4.69, 9.17) is 17.3 Å². The number of nitrogens with zero attached hydrogens (tertiary/aromatic N) is 1. The highest BCUT2D eigenvalue weighted by Crippen LogP contribution is 2.24. The fourth-order valence-corrected chi connectivity index (χ4v) is 4.90. The Morgan fingerprint density at radius 1 is 0.970 bits per heavy atom. The Morgan fingerprint density at radius 2 is 1.61 bits per heavy atom. The minimum Gasteiger partial charge on any atom is -0.369 e. The quantitative estimate of drug-likeness (QED) is 0.420. The monoisotopic (exact) mass is 549 g/mol. The summed E-state index contributed by atoms with van der Waals surface area (Å²) in [4.78, 5) is 23.9. The van der Waals surface area contributed by atoms with Crippen LogP contribution < -0.4 is 11.1 Å². The van der Waals surface area contributed by atoms with Gasteiger partial charge < -0.3 is 11.1 Å². The van der Waals surface area contributed by atoms with Crippen LogP contribution in [0.3, 0.4) is 0 Å². The van der Waals surface area contributed by atoms with Crippen molar-refractivity contribution in [3.8, 4) is 0 Å². The maximum absolute atomic E-state index is 13.3. The molecule has 0 saturated carbocycles. The Labute approximate surface area is 205 Å². The highest BCUT2D eigenvalue weighted by molar-refractivity contribution is 9.10. The standard InChI is InChI=1S/C23H21BrClN3O4S/c24-18-7-11-20(12-8-18)33(31,32)28(14-17-3-1-2-4-21(17)25)15-23(30)27-19-9-5-16(6-10-19)13-22(26)29/h1-12H,13-15H2,(H2,26,29)(H,27,30). The van der Waals surface area contributed by atoms with Crippen LogP contribution in [-0.4, -0.2) is 31.1 Å². The maximum Gasteiger partial charge on any atom is 0.243 e. The zero-order valence-electron chi connectivity index (χ0n) is 17.4. The number of nitrogens with two attached hydrogens (primary N) is 1. The van der Waals surface area contributed by atoms with Gasteiger partial charge in [0.2, 0.25) is 21.8 Å². The number of amides is 2. The van der Waals surface area contributed by atoms with Crippen LogP contribution in [0, 0.1) is 0 Å². The number of benzene rings is 3. The number of hydrogen-bond acceptors (Lipinski definition) is 4. The molecule has 2 amide bonds. The molecule has 0 aliphatic carbocycles. The molecular weight excluding hydrogens is 530 g/mol. The molecular formula is C23H21BrClN3O4S. The number of halogens is 2. The zero-order valence-corrected chi connectivity index (χ0v) is 20.5. The molecule has 0 atom stereocenters. The third-order valence-corrected chi connectivity index (χ3v) is 7.40. The van der Waals surface area contributed by atoms with Crippen molar-refractivity contribution in [1.82, 2.24) is 4.31 Å². The summed E-state index contributed by atoms with van der Waals surface area (Å²) in [5.41, 5.74) is 6.93. The van der Waals surface area contributed by atoms with Gasteiger partial charge in [-0.25, -0.2) is 8.42 Å². The van der Waals surface area contributed by atoms with Gasteiger partial charge in [0.05, 0.1) is 17.9 Å². The molecule has 3 N–H and O–H groups in total. The summed E-state index contributed by atoms with van der Waals surface area (Å²) in [6, 6.07) is 19.6. The second-order valence-corrected chi connectivity index (χ2v) is 10.5. The van der Waals surface area contributed by atoms with Gasteiger partial charge in [0.15, 0.2) is 0 Å². The summed E-state index contributed by atoms with van der Waals surface area (Å²) >= 11 is 9.53. The lowest BCUT2D eigenvalue weighted by molar-refractivity contribution is -0.117. The van der Waals surface area contributed by atoms with Crippen molar-refractivity contribution in [3.63, 3.8) is 0 Å². The minimum absolute atomic E-state index is 0.0568. The van der Waals surface area contributed by atoms with Gasteiger partial charge in [0.1, 0.15) is 0 Å². The number of carbonyl (C=O) groups is 2. The van der Waals surface area contributed by atoms with E-state index in [-0.39, 0.29) is 17.9 Å². The molecule has 10 heteroatoms. The molecule has 0 heterocycles. The second-order valence-electron chi connectivity index (χ2n) is 7.21. The van der Waals surface area contributed by atoms with Gasteiger partial charge in [-0.1, -0.05) is 57.9 Å². The van der Waals surface area contributed by atoms with E-state index in [1.165, 1.54) is 12.1 Å². The number of sulfonamides is 1. The molecule has 0 spiro atoms. The average molecular weight is 551 g/mol. The zero-order chi connectivity index (χ0) is 24.0. The van der Waals surface area contributed by atoms with Gasteiger partial charge in [0.25, 0.3) is 0 Å². The summed E-state index contributed by atoms with van der Waals surface area (Å²) in [6.07, 6.45) is 0.0886. The van der Waals surface area contributed by atoms with E-state index < -0.39 is 28.4 Å². The van der Waals surface area contributed by atoms with Gasteiger partial charge in [-0.2, -0.15) is 4.31 Å². The van der Waals surface area contributed by atoms with E-state index in [0.717, 1.165) is 8.78 Å². The molecule has 0 radical (unpaired) electrons. The normalized spacial score (nSPS) is 11.4. The summed E-state index contributed by atoms with van der Waals surface area (Å²) < 4.78 is 28.5.